The molecule has 2 heteroatoms. The average Bonchev–Trinajstić information content (AvgIpc) is 2.93. The van der Waals surface area contributed by atoms with Gasteiger partial charge in [-0.2, -0.15) is 0 Å². The molecule has 2 aliphatic rings. The molecular formula is C11H19NO. The molecule has 0 heterocycles. The lowest BCUT2D eigenvalue weighted by Gasteiger charge is -2.35. The molecule has 1 N–H and O–H groups in total. The third-order valence-electron chi connectivity index (χ3n) is 3.69. The van der Waals surface area contributed by atoms with Crippen molar-refractivity contribution < 1.29 is 4.79 Å². The lowest BCUT2D eigenvalue weighted by Crippen LogP contribution is -2.47. The Hall–Kier alpha value is -0.530. The summed E-state index contributed by atoms with van der Waals surface area (Å²) in [6.07, 6.45) is 4.98. The monoisotopic (exact) mass is 181 g/mol. The molecular weight excluding hydrogens is 162 g/mol. The van der Waals surface area contributed by atoms with Crippen molar-refractivity contribution in [3.8, 4) is 0 Å². The fraction of sp³-hybridized carbons (Fsp3) is 0.909. The average molecular weight is 181 g/mol. The summed E-state index contributed by atoms with van der Waals surface area (Å²) in [7, 11) is 0. The van der Waals surface area contributed by atoms with Crippen molar-refractivity contribution in [2.75, 3.05) is 0 Å². The zero-order valence-corrected chi connectivity index (χ0v) is 8.55. The third-order valence-corrected chi connectivity index (χ3v) is 3.69. The molecule has 3 atom stereocenters. The number of carbonyl (C=O) groups is 1. The van der Waals surface area contributed by atoms with Crippen LogP contribution >= 0.6 is 0 Å². The van der Waals surface area contributed by atoms with Crippen molar-refractivity contribution >= 4 is 5.91 Å². The highest BCUT2D eigenvalue weighted by Crippen LogP contribution is 2.37. The molecule has 0 radical (unpaired) electrons. The highest BCUT2D eigenvalue weighted by atomic mass is 16.1. The van der Waals surface area contributed by atoms with Crippen LogP contribution in [0.2, 0.25) is 0 Å². The zero-order chi connectivity index (χ0) is 9.42. The summed E-state index contributed by atoms with van der Waals surface area (Å²) >= 11 is 0. The molecule has 2 aliphatic carbocycles. The van der Waals surface area contributed by atoms with E-state index < -0.39 is 0 Å². The van der Waals surface area contributed by atoms with E-state index in [-0.39, 0.29) is 5.92 Å². The van der Waals surface area contributed by atoms with E-state index in [0.717, 1.165) is 0 Å². The first-order valence-electron chi connectivity index (χ1n) is 5.49. The lowest BCUT2D eigenvalue weighted by atomic mass is 9.81. The van der Waals surface area contributed by atoms with Crippen molar-refractivity contribution in [1.82, 2.24) is 5.32 Å². The summed E-state index contributed by atoms with van der Waals surface area (Å²) < 4.78 is 0. The Labute approximate surface area is 80.1 Å². The van der Waals surface area contributed by atoms with Gasteiger partial charge in [0.05, 0.1) is 0 Å². The smallest absolute Gasteiger partial charge is 0.223 e. The van der Waals surface area contributed by atoms with Crippen LogP contribution < -0.4 is 5.32 Å². The fourth-order valence-corrected chi connectivity index (χ4v) is 2.01. The molecule has 3 unspecified atom stereocenters. The standard InChI is InChI=1S/C11H19NO/c1-7-3-6-10(7)12-11(13)8(2)9-4-5-9/h7-10H,3-6H2,1-2H3,(H,12,13). The van der Waals surface area contributed by atoms with E-state index in [2.05, 4.69) is 19.2 Å². The molecule has 0 aliphatic heterocycles. The normalized spacial score (nSPS) is 34.9. The number of hydrogen-bond donors (Lipinski definition) is 1. The van der Waals surface area contributed by atoms with Crippen LogP contribution in [0, 0.1) is 17.8 Å². The first-order valence-corrected chi connectivity index (χ1v) is 5.49. The number of hydrogen-bond acceptors (Lipinski definition) is 1. The van der Waals surface area contributed by atoms with E-state index in [0.29, 0.717) is 23.8 Å². The van der Waals surface area contributed by atoms with E-state index >= 15 is 0 Å². The van der Waals surface area contributed by atoms with Crippen LogP contribution in [0.1, 0.15) is 39.5 Å². The van der Waals surface area contributed by atoms with E-state index in [1.165, 1.54) is 25.7 Å². The maximum Gasteiger partial charge on any atom is 0.223 e. The van der Waals surface area contributed by atoms with Gasteiger partial charge >= 0.3 is 0 Å². The predicted molar refractivity (Wildman–Crippen MR) is 52.2 cm³/mol. The molecule has 0 saturated heterocycles. The Morgan fingerprint density at radius 2 is 2.00 bits per heavy atom. The molecule has 0 aromatic rings. The van der Waals surface area contributed by atoms with E-state index in [1.807, 2.05) is 0 Å². The van der Waals surface area contributed by atoms with Crippen molar-refractivity contribution in [1.29, 1.82) is 0 Å². The first kappa shape index (κ1) is 9.04. The van der Waals surface area contributed by atoms with Crippen molar-refractivity contribution in [3.05, 3.63) is 0 Å². The molecule has 2 rings (SSSR count). The van der Waals surface area contributed by atoms with E-state index in [1.54, 1.807) is 0 Å². The molecule has 2 saturated carbocycles. The highest BCUT2D eigenvalue weighted by molar-refractivity contribution is 5.79. The summed E-state index contributed by atoms with van der Waals surface area (Å²) in [5.41, 5.74) is 0. The molecule has 0 bridgehead atoms. The second-order valence-electron chi connectivity index (χ2n) is 4.80. The Morgan fingerprint density at radius 3 is 2.38 bits per heavy atom. The first-order chi connectivity index (χ1) is 6.18. The minimum atomic E-state index is 0.257. The van der Waals surface area contributed by atoms with Gasteiger partial charge in [0.1, 0.15) is 0 Å². The Morgan fingerprint density at radius 1 is 1.31 bits per heavy atom. The topological polar surface area (TPSA) is 29.1 Å². The molecule has 0 spiro atoms. The van der Waals surface area contributed by atoms with Gasteiger partial charge < -0.3 is 5.32 Å². The van der Waals surface area contributed by atoms with Gasteiger partial charge in [0.25, 0.3) is 0 Å². The van der Waals surface area contributed by atoms with Crippen LogP contribution in [-0.2, 0) is 4.79 Å². The van der Waals surface area contributed by atoms with E-state index in [9.17, 15) is 4.79 Å². The van der Waals surface area contributed by atoms with Crippen LogP contribution in [0.3, 0.4) is 0 Å². The van der Waals surface area contributed by atoms with Crippen LogP contribution in [0.25, 0.3) is 0 Å². The predicted octanol–water partition coefficient (Wildman–Crippen LogP) is 1.95. The van der Waals surface area contributed by atoms with Gasteiger partial charge in [-0.3, -0.25) is 4.79 Å². The Kier molecular flexibility index (Phi) is 2.31. The van der Waals surface area contributed by atoms with Crippen molar-refractivity contribution in [2.45, 2.75) is 45.6 Å². The van der Waals surface area contributed by atoms with Crippen LogP contribution in [-0.4, -0.2) is 11.9 Å². The summed E-state index contributed by atoms with van der Waals surface area (Å²) in [4.78, 5) is 11.7. The van der Waals surface area contributed by atoms with Crippen molar-refractivity contribution in [3.63, 3.8) is 0 Å². The quantitative estimate of drug-likeness (QED) is 0.708. The molecule has 74 valence electrons. The maximum atomic E-state index is 11.7. The van der Waals surface area contributed by atoms with Gasteiger partial charge in [0, 0.05) is 12.0 Å². The lowest BCUT2D eigenvalue weighted by molar-refractivity contribution is -0.126. The van der Waals surface area contributed by atoms with Crippen molar-refractivity contribution in [2.24, 2.45) is 17.8 Å². The molecule has 2 nitrogen and oxygen atoms in total. The SMILES string of the molecule is CC1CCC1NC(=O)C(C)C1CC1. The third kappa shape index (κ3) is 1.87. The number of amides is 1. The molecule has 0 aromatic carbocycles. The minimum absolute atomic E-state index is 0.257. The number of nitrogens with one attached hydrogen (secondary N) is 1. The molecule has 13 heavy (non-hydrogen) atoms. The largest absolute Gasteiger partial charge is 0.353 e. The van der Waals surface area contributed by atoms with Gasteiger partial charge in [-0.1, -0.05) is 13.8 Å². The minimum Gasteiger partial charge on any atom is -0.353 e. The van der Waals surface area contributed by atoms with Gasteiger partial charge in [-0.25, -0.2) is 0 Å². The Bertz CT molecular complexity index is 210. The van der Waals surface area contributed by atoms with E-state index in [4.69, 9.17) is 0 Å². The second kappa shape index (κ2) is 3.32. The Balaban J connectivity index is 1.76. The summed E-state index contributed by atoms with van der Waals surface area (Å²) in [5, 5.41) is 3.15. The maximum absolute atomic E-state index is 11.7. The highest BCUT2D eigenvalue weighted by Gasteiger charge is 2.35. The molecule has 2 fully saturated rings. The molecule has 0 aromatic heterocycles. The summed E-state index contributed by atoms with van der Waals surface area (Å²) in [5.74, 6) is 1.94. The molecule has 1 amide bonds. The van der Waals surface area contributed by atoms with Gasteiger partial charge in [0.2, 0.25) is 5.91 Å². The fourth-order valence-electron chi connectivity index (χ4n) is 2.01. The summed E-state index contributed by atoms with van der Waals surface area (Å²) in [6.45, 7) is 4.28. The number of rotatable bonds is 3. The van der Waals surface area contributed by atoms with Crippen LogP contribution in [0.5, 0.6) is 0 Å². The van der Waals surface area contributed by atoms with Gasteiger partial charge in [-0.15, -0.1) is 0 Å². The van der Waals surface area contributed by atoms with Crippen LogP contribution in [0.4, 0.5) is 0 Å². The van der Waals surface area contributed by atoms with Gasteiger partial charge in [0.15, 0.2) is 0 Å². The number of carbonyl (C=O) groups excluding carboxylic acids is 1. The van der Waals surface area contributed by atoms with Crippen LogP contribution in [0.15, 0.2) is 0 Å². The zero-order valence-electron chi connectivity index (χ0n) is 8.55. The second-order valence-corrected chi connectivity index (χ2v) is 4.80. The summed E-state index contributed by atoms with van der Waals surface area (Å²) in [6, 6.07) is 0.480. The van der Waals surface area contributed by atoms with Gasteiger partial charge in [-0.05, 0) is 37.5 Å².